The third-order valence-corrected chi connectivity index (χ3v) is 5.77. The topological polar surface area (TPSA) is 76.0 Å². The fourth-order valence-electron chi connectivity index (χ4n) is 3.54. The van der Waals surface area contributed by atoms with Crippen LogP contribution in [0.25, 0.3) is 5.69 Å². The van der Waals surface area contributed by atoms with Crippen molar-refractivity contribution in [3.05, 3.63) is 69.5 Å². The second kappa shape index (κ2) is 8.47. The Balaban J connectivity index is 1.52. The highest BCUT2D eigenvalue weighted by atomic mass is 79.9. The average Bonchev–Trinajstić information content (AvgIpc) is 3.35. The molecule has 7 nitrogen and oxygen atoms in total. The smallest absolute Gasteiger partial charge is 0.339 e. The number of carbonyl (C=O) groups excluding carboxylic acids is 2. The fraction of sp³-hybridized carbons (Fsp3) is 0.217. The Morgan fingerprint density at radius 3 is 2.58 bits per heavy atom. The van der Waals surface area contributed by atoms with Gasteiger partial charge in [-0.3, -0.25) is 4.79 Å². The van der Waals surface area contributed by atoms with Crippen molar-refractivity contribution in [2.45, 2.75) is 13.8 Å². The number of ketones is 1. The Morgan fingerprint density at radius 2 is 1.81 bits per heavy atom. The quantitative estimate of drug-likeness (QED) is 0.374. The molecule has 31 heavy (non-hydrogen) atoms. The lowest BCUT2D eigenvalue weighted by Crippen LogP contribution is -2.15. The number of benzene rings is 2. The number of aryl methyl sites for hydroxylation is 1. The predicted octanol–water partition coefficient (Wildman–Crippen LogP) is 4.63. The summed E-state index contributed by atoms with van der Waals surface area (Å²) in [5.74, 6) is 0.985. The molecule has 0 amide bonds. The number of ether oxygens (including phenoxy) is 4. The maximum atomic E-state index is 12.8. The van der Waals surface area contributed by atoms with Crippen LogP contribution >= 0.6 is 15.9 Å². The first kappa shape index (κ1) is 21.0. The molecular formula is C23H20BrNO6. The lowest BCUT2D eigenvalue weighted by atomic mass is 10.1. The van der Waals surface area contributed by atoms with Crippen LogP contribution in [0.4, 0.5) is 0 Å². The second-order valence-corrected chi connectivity index (χ2v) is 7.86. The Kier molecular flexibility index (Phi) is 5.73. The number of esters is 1. The molecule has 0 radical (unpaired) electrons. The van der Waals surface area contributed by atoms with Gasteiger partial charge in [0.25, 0.3) is 0 Å². The van der Waals surface area contributed by atoms with E-state index in [1.54, 1.807) is 24.3 Å². The molecule has 4 rings (SSSR count). The highest BCUT2D eigenvalue weighted by Crippen LogP contribution is 2.35. The van der Waals surface area contributed by atoms with Crippen LogP contribution in [0, 0.1) is 13.8 Å². The van der Waals surface area contributed by atoms with Crippen molar-refractivity contribution in [2.75, 3.05) is 20.5 Å². The first-order valence-electron chi connectivity index (χ1n) is 9.52. The third-order valence-electron chi connectivity index (χ3n) is 5.07. The average molecular weight is 486 g/mol. The molecular weight excluding hydrogens is 466 g/mol. The van der Waals surface area contributed by atoms with Crippen LogP contribution in [0.1, 0.15) is 32.1 Å². The van der Waals surface area contributed by atoms with Gasteiger partial charge >= 0.3 is 5.97 Å². The zero-order chi connectivity index (χ0) is 22.1. The molecule has 0 saturated heterocycles. The molecule has 160 valence electrons. The van der Waals surface area contributed by atoms with Crippen LogP contribution in [-0.2, 0) is 4.74 Å². The van der Waals surface area contributed by atoms with E-state index in [2.05, 4.69) is 15.9 Å². The first-order chi connectivity index (χ1) is 14.9. The molecule has 1 aliphatic rings. The lowest BCUT2D eigenvalue weighted by molar-refractivity contribution is 0.0473. The van der Waals surface area contributed by atoms with Gasteiger partial charge in [0.2, 0.25) is 12.6 Å². The molecule has 0 aliphatic carbocycles. The van der Waals surface area contributed by atoms with Crippen molar-refractivity contribution >= 4 is 27.7 Å². The Hall–Kier alpha value is -3.26. The van der Waals surface area contributed by atoms with E-state index in [9.17, 15) is 9.59 Å². The number of methoxy groups -OCH3 is 1. The zero-order valence-electron chi connectivity index (χ0n) is 17.2. The number of carbonyl (C=O) groups is 2. The SMILES string of the molecule is COc1ccc(Br)c(C(=O)OCC(=O)c2cc(C)n(-c3ccc4c(c3)OCO4)c2C)c1. The van der Waals surface area contributed by atoms with Crippen LogP contribution in [0.5, 0.6) is 17.2 Å². The molecule has 8 heteroatoms. The van der Waals surface area contributed by atoms with Gasteiger partial charge in [-0.1, -0.05) is 0 Å². The number of Topliss-reactive ketones (excluding diaryl/α,β-unsaturated/α-hetero) is 1. The van der Waals surface area contributed by atoms with Crippen LogP contribution in [-0.4, -0.2) is 36.8 Å². The molecule has 2 heterocycles. The molecule has 0 fully saturated rings. The number of nitrogens with zero attached hydrogens (tertiary/aromatic N) is 1. The summed E-state index contributed by atoms with van der Waals surface area (Å²) in [5.41, 5.74) is 3.27. The Labute approximate surface area is 187 Å². The van der Waals surface area contributed by atoms with E-state index in [1.807, 2.05) is 36.6 Å². The standard InChI is InChI=1S/C23H20BrNO6/c1-13-8-17(14(2)25(13)15-4-7-21-22(9-15)31-12-30-21)20(26)11-29-23(27)18-10-16(28-3)5-6-19(18)24/h4-10H,11-12H2,1-3H3. The van der Waals surface area contributed by atoms with E-state index in [4.69, 9.17) is 18.9 Å². The number of hydrogen-bond acceptors (Lipinski definition) is 6. The summed E-state index contributed by atoms with van der Waals surface area (Å²) < 4.78 is 23.7. The summed E-state index contributed by atoms with van der Waals surface area (Å²) in [4.78, 5) is 25.3. The van der Waals surface area contributed by atoms with Gasteiger partial charge in [0.15, 0.2) is 18.1 Å². The summed E-state index contributed by atoms with van der Waals surface area (Å²) in [7, 11) is 1.51. The van der Waals surface area contributed by atoms with Crippen molar-refractivity contribution in [3.8, 4) is 22.9 Å². The van der Waals surface area contributed by atoms with E-state index in [0.29, 0.717) is 27.3 Å². The summed E-state index contributed by atoms with van der Waals surface area (Å²) >= 11 is 3.32. The maximum Gasteiger partial charge on any atom is 0.339 e. The monoisotopic (exact) mass is 485 g/mol. The lowest BCUT2D eigenvalue weighted by Gasteiger charge is -2.11. The number of aromatic nitrogens is 1. The summed E-state index contributed by atoms with van der Waals surface area (Å²) in [6.45, 7) is 3.59. The predicted molar refractivity (Wildman–Crippen MR) is 117 cm³/mol. The number of hydrogen-bond donors (Lipinski definition) is 0. The van der Waals surface area contributed by atoms with Gasteiger partial charge in [-0.15, -0.1) is 0 Å². The molecule has 0 N–H and O–H groups in total. The van der Waals surface area contributed by atoms with Crippen molar-refractivity contribution in [2.24, 2.45) is 0 Å². The van der Waals surface area contributed by atoms with Crippen LogP contribution in [0.3, 0.4) is 0 Å². The van der Waals surface area contributed by atoms with Gasteiger partial charge in [-0.2, -0.15) is 0 Å². The molecule has 3 aromatic rings. The van der Waals surface area contributed by atoms with Crippen molar-refractivity contribution in [1.82, 2.24) is 4.57 Å². The Morgan fingerprint density at radius 1 is 1.03 bits per heavy atom. The highest BCUT2D eigenvalue weighted by Gasteiger charge is 2.21. The van der Waals surface area contributed by atoms with E-state index < -0.39 is 5.97 Å². The minimum Gasteiger partial charge on any atom is -0.497 e. The van der Waals surface area contributed by atoms with E-state index in [-0.39, 0.29) is 24.7 Å². The van der Waals surface area contributed by atoms with Crippen molar-refractivity contribution in [1.29, 1.82) is 0 Å². The molecule has 0 unspecified atom stereocenters. The Bertz CT molecular complexity index is 1180. The third kappa shape index (κ3) is 4.03. The maximum absolute atomic E-state index is 12.8. The molecule has 0 spiro atoms. The van der Waals surface area contributed by atoms with Gasteiger partial charge in [0, 0.05) is 33.2 Å². The largest absolute Gasteiger partial charge is 0.497 e. The highest BCUT2D eigenvalue weighted by molar-refractivity contribution is 9.10. The summed E-state index contributed by atoms with van der Waals surface area (Å²) in [6, 6.07) is 12.4. The molecule has 0 bridgehead atoms. The van der Waals surface area contributed by atoms with Crippen LogP contribution < -0.4 is 14.2 Å². The van der Waals surface area contributed by atoms with Crippen LogP contribution in [0.2, 0.25) is 0 Å². The minimum absolute atomic E-state index is 0.195. The minimum atomic E-state index is -0.608. The van der Waals surface area contributed by atoms with Gasteiger partial charge in [-0.05, 0) is 66.2 Å². The summed E-state index contributed by atoms with van der Waals surface area (Å²) in [5, 5.41) is 0. The molecule has 1 aliphatic heterocycles. The number of rotatable bonds is 6. The normalized spacial score (nSPS) is 12.0. The fourth-order valence-corrected chi connectivity index (χ4v) is 3.95. The number of halogens is 1. The zero-order valence-corrected chi connectivity index (χ0v) is 18.8. The van der Waals surface area contributed by atoms with Gasteiger partial charge in [-0.25, -0.2) is 4.79 Å². The van der Waals surface area contributed by atoms with Gasteiger partial charge in [0.1, 0.15) is 5.75 Å². The second-order valence-electron chi connectivity index (χ2n) is 7.00. The van der Waals surface area contributed by atoms with Crippen LogP contribution in [0.15, 0.2) is 46.9 Å². The van der Waals surface area contributed by atoms with Crippen molar-refractivity contribution in [3.63, 3.8) is 0 Å². The van der Waals surface area contributed by atoms with E-state index >= 15 is 0 Å². The van der Waals surface area contributed by atoms with Gasteiger partial charge < -0.3 is 23.5 Å². The molecule has 0 saturated carbocycles. The summed E-state index contributed by atoms with van der Waals surface area (Å²) in [6.07, 6.45) is 0. The molecule has 2 aromatic carbocycles. The van der Waals surface area contributed by atoms with E-state index in [1.165, 1.54) is 7.11 Å². The first-order valence-corrected chi connectivity index (χ1v) is 10.3. The van der Waals surface area contributed by atoms with Crippen molar-refractivity contribution < 1.29 is 28.5 Å². The molecule has 0 atom stereocenters. The van der Waals surface area contributed by atoms with Gasteiger partial charge in [0.05, 0.1) is 12.7 Å². The van der Waals surface area contributed by atoms with E-state index in [0.717, 1.165) is 17.1 Å². The molecule has 1 aromatic heterocycles. The number of fused-ring (bicyclic) bond motifs is 1.